The zero-order valence-corrected chi connectivity index (χ0v) is 8.10. The Morgan fingerprint density at radius 2 is 1.86 bits per heavy atom. The largest absolute Gasteiger partial charge is 0.508 e. The molecular formula is C10H11N3O. The fourth-order valence-corrected chi connectivity index (χ4v) is 1.20. The summed E-state index contributed by atoms with van der Waals surface area (Å²) in [6.07, 6.45) is 0. The van der Waals surface area contributed by atoms with Crippen LogP contribution in [0.5, 0.6) is 5.75 Å². The first kappa shape index (κ1) is 8.74. The van der Waals surface area contributed by atoms with Gasteiger partial charge in [0.25, 0.3) is 0 Å². The number of hydrogen-bond acceptors (Lipinski definition) is 3. The van der Waals surface area contributed by atoms with Crippen molar-refractivity contribution in [1.29, 1.82) is 0 Å². The Kier molecular flexibility index (Phi) is 1.96. The molecule has 1 aromatic heterocycles. The number of rotatable bonds is 1. The molecule has 72 valence electrons. The normalized spacial score (nSPS) is 10.4. The van der Waals surface area contributed by atoms with Crippen molar-refractivity contribution in [2.45, 2.75) is 6.92 Å². The minimum Gasteiger partial charge on any atom is -0.508 e. The van der Waals surface area contributed by atoms with Gasteiger partial charge in [0, 0.05) is 12.6 Å². The lowest BCUT2D eigenvalue weighted by Crippen LogP contribution is -1.92. The third-order valence-electron chi connectivity index (χ3n) is 2.11. The summed E-state index contributed by atoms with van der Waals surface area (Å²) in [6, 6.07) is 6.84. The van der Waals surface area contributed by atoms with Crippen molar-refractivity contribution in [3.63, 3.8) is 0 Å². The van der Waals surface area contributed by atoms with Gasteiger partial charge in [0.2, 0.25) is 0 Å². The van der Waals surface area contributed by atoms with Crippen LogP contribution in [-0.4, -0.2) is 19.9 Å². The van der Waals surface area contributed by atoms with E-state index in [9.17, 15) is 0 Å². The Bertz CT molecular complexity index is 425. The summed E-state index contributed by atoms with van der Waals surface area (Å²) in [7, 11) is 1.85. The van der Waals surface area contributed by atoms with E-state index >= 15 is 0 Å². The van der Waals surface area contributed by atoms with E-state index in [1.165, 1.54) is 0 Å². The fourth-order valence-electron chi connectivity index (χ4n) is 1.20. The molecule has 0 unspecified atom stereocenters. The average molecular weight is 189 g/mol. The van der Waals surface area contributed by atoms with Crippen molar-refractivity contribution >= 4 is 0 Å². The van der Waals surface area contributed by atoms with Gasteiger partial charge in [-0.3, -0.25) is 4.68 Å². The van der Waals surface area contributed by atoms with Crippen LogP contribution >= 0.6 is 0 Å². The van der Waals surface area contributed by atoms with Crippen molar-refractivity contribution in [3.8, 4) is 17.1 Å². The molecule has 0 saturated heterocycles. The van der Waals surface area contributed by atoms with Crippen LogP contribution < -0.4 is 0 Å². The number of nitrogens with zero attached hydrogens (tertiary/aromatic N) is 3. The summed E-state index contributed by atoms with van der Waals surface area (Å²) in [5.41, 5.74) is 0.909. The van der Waals surface area contributed by atoms with E-state index in [0.717, 1.165) is 11.4 Å². The third-order valence-corrected chi connectivity index (χ3v) is 2.11. The van der Waals surface area contributed by atoms with Gasteiger partial charge >= 0.3 is 0 Å². The lowest BCUT2D eigenvalue weighted by atomic mass is 10.2. The molecule has 4 heteroatoms. The molecular weight excluding hydrogens is 178 g/mol. The molecule has 0 radical (unpaired) electrons. The monoisotopic (exact) mass is 189 g/mol. The van der Waals surface area contributed by atoms with Crippen LogP contribution in [0.25, 0.3) is 11.4 Å². The minimum absolute atomic E-state index is 0.251. The first-order valence-corrected chi connectivity index (χ1v) is 4.34. The quantitative estimate of drug-likeness (QED) is 0.739. The van der Waals surface area contributed by atoms with Crippen molar-refractivity contribution < 1.29 is 5.11 Å². The zero-order chi connectivity index (χ0) is 10.1. The van der Waals surface area contributed by atoms with Crippen LogP contribution in [0.1, 0.15) is 5.82 Å². The number of aryl methyl sites for hydroxylation is 2. The first-order valence-electron chi connectivity index (χ1n) is 4.34. The highest BCUT2D eigenvalue weighted by atomic mass is 16.3. The van der Waals surface area contributed by atoms with Crippen LogP contribution in [0.4, 0.5) is 0 Å². The molecule has 14 heavy (non-hydrogen) atoms. The number of benzene rings is 1. The number of phenols is 1. The van der Waals surface area contributed by atoms with Gasteiger partial charge in [-0.25, -0.2) is 4.98 Å². The van der Waals surface area contributed by atoms with Crippen LogP contribution in [0.15, 0.2) is 24.3 Å². The maximum Gasteiger partial charge on any atom is 0.181 e. The van der Waals surface area contributed by atoms with Crippen LogP contribution in [0, 0.1) is 6.92 Å². The molecule has 1 heterocycles. The summed E-state index contributed by atoms with van der Waals surface area (Å²) in [5, 5.41) is 13.4. The second-order valence-electron chi connectivity index (χ2n) is 3.15. The second kappa shape index (κ2) is 3.14. The van der Waals surface area contributed by atoms with E-state index in [-0.39, 0.29) is 5.75 Å². The Labute approximate surface area is 81.8 Å². The minimum atomic E-state index is 0.251. The Hall–Kier alpha value is -1.84. The summed E-state index contributed by atoms with van der Waals surface area (Å²) < 4.78 is 1.72. The van der Waals surface area contributed by atoms with Crippen molar-refractivity contribution in [2.75, 3.05) is 0 Å². The summed E-state index contributed by atoms with van der Waals surface area (Å²) in [5.74, 6) is 1.81. The van der Waals surface area contributed by atoms with Gasteiger partial charge < -0.3 is 5.11 Å². The van der Waals surface area contributed by atoms with E-state index in [1.54, 1.807) is 28.9 Å². The standard InChI is InChI=1S/C10H11N3O/c1-7-11-10(12-13(7)2)8-3-5-9(14)6-4-8/h3-6,14H,1-2H3. The van der Waals surface area contributed by atoms with Gasteiger partial charge in [0.1, 0.15) is 11.6 Å². The summed E-state index contributed by atoms with van der Waals surface area (Å²) >= 11 is 0. The molecule has 1 aromatic carbocycles. The van der Waals surface area contributed by atoms with Gasteiger partial charge in [-0.2, -0.15) is 5.10 Å². The molecule has 0 fully saturated rings. The van der Waals surface area contributed by atoms with Gasteiger partial charge in [0.05, 0.1) is 0 Å². The van der Waals surface area contributed by atoms with E-state index in [4.69, 9.17) is 5.11 Å². The second-order valence-corrected chi connectivity index (χ2v) is 3.15. The maximum atomic E-state index is 9.12. The van der Waals surface area contributed by atoms with Crippen molar-refractivity contribution in [1.82, 2.24) is 14.8 Å². The number of phenolic OH excluding ortho intramolecular Hbond substituents is 1. The topological polar surface area (TPSA) is 50.9 Å². The summed E-state index contributed by atoms with van der Waals surface area (Å²) in [4.78, 5) is 4.28. The highest BCUT2D eigenvalue weighted by Gasteiger charge is 2.05. The molecule has 2 rings (SSSR count). The molecule has 0 amide bonds. The molecule has 1 N–H and O–H groups in total. The molecule has 4 nitrogen and oxygen atoms in total. The van der Waals surface area contributed by atoms with E-state index in [0.29, 0.717) is 5.82 Å². The lowest BCUT2D eigenvalue weighted by molar-refractivity contribution is 0.475. The predicted molar refractivity (Wildman–Crippen MR) is 52.8 cm³/mol. The first-order chi connectivity index (χ1) is 6.66. The van der Waals surface area contributed by atoms with Crippen molar-refractivity contribution in [3.05, 3.63) is 30.1 Å². The number of hydrogen-bond donors (Lipinski definition) is 1. The van der Waals surface area contributed by atoms with Crippen molar-refractivity contribution in [2.24, 2.45) is 7.05 Å². The predicted octanol–water partition coefficient (Wildman–Crippen LogP) is 1.50. The van der Waals surface area contributed by atoms with Gasteiger partial charge in [-0.15, -0.1) is 0 Å². The van der Waals surface area contributed by atoms with E-state index < -0.39 is 0 Å². The Balaban J connectivity index is 2.44. The fraction of sp³-hybridized carbons (Fsp3) is 0.200. The molecule has 0 spiro atoms. The molecule has 0 atom stereocenters. The SMILES string of the molecule is Cc1nc(-c2ccc(O)cc2)nn1C. The van der Waals surface area contributed by atoms with Crippen LogP contribution in [0.3, 0.4) is 0 Å². The maximum absolute atomic E-state index is 9.12. The number of aromatic nitrogens is 3. The summed E-state index contributed by atoms with van der Waals surface area (Å²) in [6.45, 7) is 1.90. The highest BCUT2D eigenvalue weighted by Crippen LogP contribution is 2.18. The molecule has 0 aliphatic rings. The average Bonchev–Trinajstić information content (AvgIpc) is 2.48. The third kappa shape index (κ3) is 1.46. The van der Waals surface area contributed by atoms with E-state index in [2.05, 4.69) is 10.1 Å². The van der Waals surface area contributed by atoms with Gasteiger partial charge in [-0.05, 0) is 31.2 Å². The molecule has 0 aliphatic carbocycles. The van der Waals surface area contributed by atoms with Gasteiger partial charge in [-0.1, -0.05) is 0 Å². The lowest BCUT2D eigenvalue weighted by Gasteiger charge is -1.94. The molecule has 0 bridgehead atoms. The Morgan fingerprint density at radius 1 is 1.21 bits per heavy atom. The number of aromatic hydroxyl groups is 1. The Morgan fingerprint density at radius 3 is 2.36 bits per heavy atom. The highest BCUT2D eigenvalue weighted by molar-refractivity contribution is 5.55. The molecule has 0 saturated carbocycles. The van der Waals surface area contributed by atoms with E-state index in [1.807, 2.05) is 14.0 Å². The molecule has 2 aromatic rings. The van der Waals surface area contributed by atoms with Crippen LogP contribution in [0.2, 0.25) is 0 Å². The zero-order valence-electron chi connectivity index (χ0n) is 8.10. The molecule has 0 aliphatic heterocycles. The smallest absolute Gasteiger partial charge is 0.181 e. The van der Waals surface area contributed by atoms with Gasteiger partial charge in [0.15, 0.2) is 5.82 Å². The van der Waals surface area contributed by atoms with Crippen LogP contribution in [-0.2, 0) is 7.05 Å².